The monoisotopic (exact) mass is 1030 g/mol. The summed E-state index contributed by atoms with van der Waals surface area (Å²) in [6.07, 6.45) is 0. The highest BCUT2D eigenvalue weighted by Gasteiger charge is 2.21. The molecule has 0 nitrogen and oxygen atoms in total. The van der Waals surface area contributed by atoms with Gasteiger partial charge >= 0.3 is 0 Å². The zero-order valence-corrected chi connectivity index (χ0v) is 43.0. The average Bonchev–Trinajstić information content (AvgIpc) is 0.721. The molecule has 0 N–H and O–H groups in total. The van der Waals surface area contributed by atoms with E-state index in [0.717, 1.165) is 93.2 Å². The summed E-state index contributed by atoms with van der Waals surface area (Å²) in [5, 5.41) is 12.9. The third-order valence-corrected chi connectivity index (χ3v) is 15.6. The summed E-state index contributed by atoms with van der Waals surface area (Å²) in [5.74, 6) is 0. The molecule has 0 saturated heterocycles. The van der Waals surface area contributed by atoms with Crippen molar-refractivity contribution in [1.29, 1.82) is 0 Å². The number of hydrogen-bond acceptors (Lipinski definition) is 0. The lowest BCUT2D eigenvalue weighted by Crippen LogP contribution is -1.92. The molecule has 0 atom stereocenters. The molecule has 16 aromatic carbocycles. The molecule has 0 amide bonds. The smallest absolute Gasteiger partial charge is 0.0622 e. The third kappa shape index (κ3) is 7.92. The summed E-state index contributed by atoms with van der Waals surface area (Å²) in [7, 11) is 0. The Morgan fingerprint density at radius 3 is 1.12 bits per heavy atom. The second-order valence-corrected chi connectivity index (χ2v) is 20.0. The molecule has 0 aliphatic heterocycles. The number of rotatable bonds is 6. The first kappa shape index (κ1) is 35.1. The largest absolute Gasteiger partial charge is 0.0629 e. The highest BCUT2D eigenvalue weighted by molar-refractivity contribution is 6.27. The van der Waals surface area contributed by atoms with E-state index in [4.69, 9.17) is 13.7 Å². The number of benzene rings is 16. The van der Waals surface area contributed by atoms with Crippen LogP contribution in [-0.4, -0.2) is 0 Å². The fourth-order valence-electron chi connectivity index (χ4n) is 12.2. The minimum absolute atomic E-state index is 0.0296. The molecule has 0 aliphatic carbocycles. The van der Waals surface area contributed by atoms with E-state index in [-0.39, 0.29) is 58.2 Å². The zero-order valence-electron chi connectivity index (χ0n) is 56.0. The van der Waals surface area contributed by atoms with E-state index >= 15 is 0 Å². The fourth-order valence-corrected chi connectivity index (χ4v) is 12.2. The van der Waals surface area contributed by atoms with Gasteiger partial charge in [0.2, 0.25) is 0 Å². The van der Waals surface area contributed by atoms with Crippen LogP contribution in [-0.2, 0) is 0 Å². The Morgan fingerprint density at radius 1 is 0.175 bits per heavy atom. The summed E-state index contributed by atoms with van der Waals surface area (Å²) in [4.78, 5) is 0. The first-order valence-electron chi connectivity index (χ1n) is 33.2. The molecule has 0 radical (unpaired) electrons. The van der Waals surface area contributed by atoms with Crippen molar-refractivity contribution in [3.8, 4) is 66.8 Å². The van der Waals surface area contributed by atoms with E-state index < -0.39 is 42.3 Å². The summed E-state index contributed by atoms with van der Waals surface area (Å²) >= 11 is 0. The topological polar surface area (TPSA) is 0 Å². The molecule has 16 rings (SSSR count). The molecule has 0 heteroatoms. The molecule has 0 saturated carbocycles. The van der Waals surface area contributed by atoms with E-state index in [2.05, 4.69) is 115 Å². The third-order valence-electron chi connectivity index (χ3n) is 15.6. The number of fused-ring (bicyclic) bond motifs is 8. The molecule has 80 heavy (non-hydrogen) atoms. The predicted molar refractivity (Wildman–Crippen MR) is 346 cm³/mol. The van der Waals surface area contributed by atoms with Gasteiger partial charge in [0, 0.05) is 0 Å². The minimum atomic E-state index is -0.536. The van der Waals surface area contributed by atoms with Gasteiger partial charge in [0.1, 0.15) is 0 Å². The van der Waals surface area contributed by atoms with E-state index in [9.17, 15) is 4.11 Å². The molecule has 372 valence electrons. The van der Waals surface area contributed by atoms with Gasteiger partial charge in [-0.05, 0) is 159 Å². The van der Waals surface area contributed by atoms with Crippen molar-refractivity contribution >= 4 is 86.2 Å². The Balaban J connectivity index is 0.000000154. The standard InChI is InChI=1S/C44H28.C36H24/c1-2-14-31-28-32(27-26-29(31)12-1)34-21-10-23-36-35(34)22-11-25-38(36)44-41-19-7-5-17-39(41)43(40-18-6-8-20-42(40)44)37-24-9-15-30-13-3-4-16-33(30)37;1-3-13-25(14-4-1)27-23-24-34(29-18-8-7-17-28(27)29)36-32-21-11-9-19-30(32)35(26-15-5-2-6-16-26)31-20-10-12-22-33(31)36/h1-28H;1-24H/i5D,7D,17D,19D;2D,5D,6D,9D,11D,15D,16D,19D,21D. The Hall–Kier alpha value is -10.4. The Morgan fingerprint density at radius 2 is 0.537 bits per heavy atom. The first-order chi connectivity index (χ1) is 45.1. The summed E-state index contributed by atoms with van der Waals surface area (Å²) in [6.45, 7) is 0. The van der Waals surface area contributed by atoms with Gasteiger partial charge < -0.3 is 0 Å². The van der Waals surface area contributed by atoms with Crippen molar-refractivity contribution in [2.45, 2.75) is 0 Å². The van der Waals surface area contributed by atoms with Crippen LogP contribution < -0.4 is 0 Å². The van der Waals surface area contributed by atoms with Crippen molar-refractivity contribution in [2.75, 3.05) is 0 Å². The Bertz CT molecular complexity index is 5830. The van der Waals surface area contributed by atoms with E-state index in [1.807, 2.05) is 109 Å². The predicted octanol–water partition coefficient (Wildman–Crippen LogP) is 22.6. The van der Waals surface area contributed by atoms with Gasteiger partial charge in [-0.3, -0.25) is 0 Å². The van der Waals surface area contributed by atoms with Crippen LogP contribution in [0.4, 0.5) is 0 Å². The molecule has 0 bridgehead atoms. The first-order valence-corrected chi connectivity index (χ1v) is 26.7. The van der Waals surface area contributed by atoms with Crippen molar-refractivity contribution in [3.63, 3.8) is 0 Å². The molecular weight excluding hydrogens is 961 g/mol. The summed E-state index contributed by atoms with van der Waals surface area (Å²) in [5.41, 5.74) is 9.22. The summed E-state index contributed by atoms with van der Waals surface area (Å²) < 4.78 is 114. The molecule has 16 aromatic rings. The minimum Gasteiger partial charge on any atom is -0.0622 e. The van der Waals surface area contributed by atoms with E-state index in [0.29, 0.717) is 27.1 Å². The van der Waals surface area contributed by atoms with Gasteiger partial charge in [-0.15, -0.1) is 0 Å². The summed E-state index contributed by atoms with van der Waals surface area (Å²) in [6, 6.07) is 74.9. The van der Waals surface area contributed by atoms with Crippen molar-refractivity contribution in [2.24, 2.45) is 0 Å². The van der Waals surface area contributed by atoms with Crippen LogP contribution in [0, 0.1) is 0 Å². The van der Waals surface area contributed by atoms with Gasteiger partial charge in [-0.1, -0.05) is 309 Å². The van der Waals surface area contributed by atoms with Gasteiger partial charge in [-0.25, -0.2) is 0 Å². The normalized spacial score (nSPS) is 13.8. The van der Waals surface area contributed by atoms with E-state index in [1.165, 1.54) is 10.8 Å². The van der Waals surface area contributed by atoms with Gasteiger partial charge in [0.05, 0.1) is 17.8 Å². The molecule has 0 spiro atoms. The maximum atomic E-state index is 9.38. The van der Waals surface area contributed by atoms with Crippen LogP contribution in [0.15, 0.2) is 315 Å². The van der Waals surface area contributed by atoms with Crippen LogP contribution in [0.3, 0.4) is 0 Å². The molecule has 0 aliphatic rings. The molecule has 0 heterocycles. The molecule has 0 unspecified atom stereocenters. The highest BCUT2D eigenvalue weighted by Crippen LogP contribution is 2.49. The lowest BCUT2D eigenvalue weighted by Gasteiger charge is -2.20. The van der Waals surface area contributed by atoms with Crippen molar-refractivity contribution < 1.29 is 17.8 Å². The highest BCUT2D eigenvalue weighted by atomic mass is 14.2. The van der Waals surface area contributed by atoms with Crippen molar-refractivity contribution in [3.05, 3.63) is 315 Å². The van der Waals surface area contributed by atoms with Gasteiger partial charge in [0.15, 0.2) is 0 Å². The fraction of sp³-hybridized carbons (Fsp3) is 0. The van der Waals surface area contributed by atoms with Crippen LogP contribution in [0.1, 0.15) is 17.8 Å². The average molecular weight is 1030 g/mol. The van der Waals surface area contributed by atoms with Crippen LogP contribution in [0.5, 0.6) is 0 Å². The quantitative estimate of drug-likeness (QED) is 0.146. The van der Waals surface area contributed by atoms with Gasteiger partial charge in [-0.2, -0.15) is 0 Å². The van der Waals surface area contributed by atoms with Crippen LogP contribution in [0.2, 0.25) is 0 Å². The molecule has 0 aromatic heterocycles. The van der Waals surface area contributed by atoms with Gasteiger partial charge in [0.25, 0.3) is 0 Å². The second kappa shape index (κ2) is 19.9. The van der Waals surface area contributed by atoms with E-state index in [1.54, 1.807) is 12.1 Å². The molecular formula is C80H52. The van der Waals surface area contributed by atoms with Crippen molar-refractivity contribution in [1.82, 2.24) is 0 Å². The molecule has 0 fully saturated rings. The maximum Gasteiger partial charge on any atom is 0.0629 e. The lowest BCUT2D eigenvalue weighted by atomic mass is 9.83. The SMILES string of the molecule is [2H]c1c([2H])c([2H])c(-c2c3ccccc3c(-c3ccc(-c4ccccc4)c4ccccc34)c3c([2H])c([2H])c([2H])c([2H])c23)c([2H])c1[2H].[2H]c1c([2H])c([2H])c2c(-c3cccc4c(-c5ccc6ccccc6c5)cccc34)c3ccccc3c(-c3cccc4ccccc34)c2c1[2H]. The Labute approximate surface area is 484 Å². The number of hydrogen-bond donors (Lipinski definition) is 0. The van der Waals surface area contributed by atoms with Crippen LogP contribution in [0.25, 0.3) is 153 Å². The maximum absolute atomic E-state index is 9.38. The second-order valence-electron chi connectivity index (χ2n) is 20.0. The lowest BCUT2D eigenvalue weighted by molar-refractivity contribution is 1.64. The Kier molecular flexibility index (Phi) is 8.72. The van der Waals surface area contributed by atoms with Crippen LogP contribution >= 0.6 is 0 Å². The zero-order chi connectivity index (χ0) is 64.2.